The molecular weight excluding hydrogens is 450 g/mol. The monoisotopic (exact) mass is 462 g/mol. The molecule has 0 bridgehead atoms. The lowest BCUT2D eigenvalue weighted by molar-refractivity contribution is -0.143. The van der Waals surface area contributed by atoms with Gasteiger partial charge in [-0.1, -0.05) is 16.8 Å². The lowest BCUT2D eigenvalue weighted by atomic mass is 10.0. The Hall–Kier alpha value is -3.08. The van der Waals surface area contributed by atoms with Crippen LogP contribution in [0.15, 0.2) is 48.7 Å². The van der Waals surface area contributed by atoms with E-state index in [4.69, 9.17) is 11.6 Å². The number of carbonyl (C=O) groups is 1. The Balaban J connectivity index is 1.68. The number of carbonyl (C=O) groups excluding carboxylic acids is 1. The highest BCUT2D eigenvalue weighted by molar-refractivity contribution is 6.30. The number of amides is 1. The summed E-state index contributed by atoms with van der Waals surface area (Å²) in [4.78, 5) is 12.2. The van der Waals surface area contributed by atoms with Gasteiger partial charge in [0.1, 0.15) is 0 Å². The minimum Gasteiger partial charge on any atom is -0.352 e. The zero-order chi connectivity index (χ0) is 22.8. The molecule has 5 nitrogen and oxygen atoms in total. The van der Waals surface area contributed by atoms with Crippen LogP contribution >= 0.6 is 11.6 Å². The van der Waals surface area contributed by atoms with E-state index in [1.165, 1.54) is 4.68 Å². The van der Waals surface area contributed by atoms with Crippen molar-refractivity contribution in [2.45, 2.75) is 18.8 Å². The summed E-state index contributed by atoms with van der Waals surface area (Å²) < 4.78 is 78.9. The summed E-state index contributed by atoms with van der Waals surface area (Å²) in [6.07, 6.45) is -8.33. The average Bonchev–Trinajstić information content (AvgIpc) is 3.15. The molecular formula is C19H13ClF6N4O. The average molecular weight is 463 g/mol. The van der Waals surface area contributed by atoms with E-state index < -0.39 is 35.0 Å². The lowest BCUT2D eigenvalue weighted by Gasteiger charge is -2.14. The molecule has 0 radical (unpaired) electrons. The second-order valence-electron chi connectivity index (χ2n) is 6.43. The maximum Gasteiger partial charge on any atom is 0.416 e. The molecule has 1 N–H and O–H groups in total. The van der Waals surface area contributed by atoms with Crippen LogP contribution in [-0.4, -0.2) is 27.4 Å². The van der Waals surface area contributed by atoms with Crippen LogP contribution < -0.4 is 5.32 Å². The topological polar surface area (TPSA) is 59.8 Å². The molecule has 2 aromatic carbocycles. The molecule has 0 atom stereocenters. The first-order valence-corrected chi connectivity index (χ1v) is 9.06. The van der Waals surface area contributed by atoms with Crippen LogP contribution in [0.4, 0.5) is 26.3 Å². The molecule has 0 saturated heterocycles. The van der Waals surface area contributed by atoms with E-state index in [1.807, 2.05) is 0 Å². The van der Waals surface area contributed by atoms with Gasteiger partial charge >= 0.3 is 12.4 Å². The van der Waals surface area contributed by atoms with Crippen LogP contribution in [0, 0.1) is 0 Å². The number of benzene rings is 2. The molecule has 3 aromatic rings. The highest BCUT2D eigenvalue weighted by atomic mass is 35.5. The van der Waals surface area contributed by atoms with Gasteiger partial charge < -0.3 is 5.32 Å². The van der Waals surface area contributed by atoms with Crippen LogP contribution in [0.25, 0.3) is 5.69 Å². The smallest absolute Gasteiger partial charge is 0.352 e. The molecule has 0 aliphatic rings. The molecule has 1 heterocycles. The molecule has 0 aliphatic carbocycles. The summed E-state index contributed by atoms with van der Waals surface area (Å²) in [5, 5.41) is 10.6. The molecule has 12 heteroatoms. The van der Waals surface area contributed by atoms with Crippen LogP contribution in [-0.2, 0) is 18.8 Å². The molecule has 0 spiro atoms. The second-order valence-corrected chi connectivity index (χ2v) is 6.87. The number of hydrogen-bond donors (Lipinski definition) is 1. The highest BCUT2D eigenvalue weighted by Gasteiger charge is 2.37. The normalized spacial score (nSPS) is 12.1. The molecule has 31 heavy (non-hydrogen) atoms. The molecule has 0 unspecified atom stereocenters. The summed E-state index contributed by atoms with van der Waals surface area (Å²) in [5.74, 6) is -1.07. The molecule has 0 aliphatic heterocycles. The van der Waals surface area contributed by atoms with Gasteiger partial charge in [0, 0.05) is 23.6 Å². The first kappa shape index (κ1) is 22.6. The van der Waals surface area contributed by atoms with Crippen molar-refractivity contribution in [3.63, 3.8) is 0 Å². The summed E-state index contributed by atoms with van der Waals surface area (Å²) >= 11 is 5.81. The quantitative estimate of drug-likeness (QED) is 0.547. The number of aromatic nitrogens is 3. The van der Waals surface area contributed by atoms with E-state index in [9.17, 15) is 31.1 Å². The van der Waals surface area contributed by atoms with Crippen LogP contribution in [0.3, 0.4) is 0 Å². The molecule has 1 aromatic heterocycles. The van der Waals surface area contributed by atoms with Crippen LogP contribution in [0.2, 0.25) is 5.02 Å². The second kappa shape index (κ2) is 8.58. The Labute approximate surface area is 176 Å². The van der Waals surface area contributed by atoms with Crippen molar-refractivity contribution in [2.75, 3.05) is 6.54 Å². The van der Waals surface area contributed by atoms with Gasteiger partial charge in [-0.15, -0.1) is 5.10 Å². The van der Waals surface area contributed by atoms with Crippen molar-refractivity contribution in [3.05, 3.63) is 76.1 Å². The van der Waals surface area contributed by atoms with Gasteiger partial charge in [0.2, 0.25) is 0 Å². The number of halogens is 7. The minimum absolute atomic E-state index is 0.0359. The highest BCUT2D eigenvalue weighted by Crippen LogP contribution is 2.36. The standard InChI is InChI=1S/C19H13ClF6N4O/c20-14-1-3-16(4-2-14)30-10-15(28-29-30)5-6-27-17(31)11-7-12(18(21,22)23)9-13(8-11)19(24,25)26/h1-4,7-10H,5-6H2,(H,27,31). The summed E-state index contributed by atoms with van der Waals surface area (Å²) in [6, 6.07) is 7.43. The number of rotatable bonds is 5. The maximum absolute atomic E-state index is 12.9. The van der Waals surface area contributed by atoms with Gasteiger partial charge in [-0.05, 0) is 42.5 Å². The number of hydrogen-bond acceptors (Lipinski definition) is 3. The largest absolute Gasteiger partial charge is 0.416 e. The SMILES string of the molecule is O=C(NCCc1cn(-c2ccc(Cl)cc2)nn1)c1cc(C(F)(F)F)cc(C(F)(F)F)c1. The number of nitrogens with zero attached hydrogens (tertiary/aromatic N) is 3. The Morgan fingerprint density at radius 2 is 1.55 bits per heavy atom. The molecule has 3 rings (SSSR count). The van der Waals surface area contributed by atoms with Crippen molar-refractivity contribution in [1.29, 1.82) is 0 Å². The molecule has 0 fully saturated rings. The third-order valence-electron chi connectivity index (χ3n) is 4.15. The van der Waals surface area contributed by atoms with Gasteiger partial charge in [0.05, 0.1) is 28.7 Å². The van der Waals surface area contributed by atoms with Gasteiger partial charge in [0.15, 0.2) is 0 Å². The first-order valence-electron chi connectivity index (χ1n) is 8.68. The zero-order valence-electron chi connectivity index (χ0n) is 15.4. The predicted octanol–water partition coefficient (Wildman–Crippen LogP) is 4.93. The van der Waals surface area contributed by atoms with E-state index in [0.29, 0.717) is 28.5 Å². The lowest BCUT2D eigenvalue weighted by Crippen LogP contribution is -2.26. The van der Waals surface area contributed by atoms with Crippen molar-refractivity contribution >= 4 is 17.5 Å². The Bertz CT molecular complexity index is 1040. The van der Waals surface area contributed by atoms with E-state index in [0.717, 1.165) is 0 Å². The van der Waals surface area contributed by atoms with Crippen LogP contribution in [0.5, 0.6) is 0 Å². The van der Waals surface area contributed by atoms with Crippen LogP contribution in [0.1, 0.15) is 27.2 Å². The van der Waals surface area contributed by atoms with Crippen molar-refractivity contribution < 1.29 is 31.1 Å². The Morgan fingerprint density at radius 3 is 2.10 bits per heavy atom. The third-order valence-corrected chi connectivity index (χ3v) is 4.40. The fraction of sp³-hybridized carbons (Fsp3) is 0.211. The molecule has 0 saturated carbocycles. The fourth-order valence-electron chi connectivity index (χ4n) is 2.63. The summed E-state index contributed by atoms with van der Waals surface area (Å²) in [5.41, 5.74) is -2.73. The van der Waals surface area contributed by atoms with Gasteiger partial charge in [-0.3, -0.25) is 4.79 Å². The number of nitrogens with one attached hydrogen (secondary N) is 1. The summed E-state index contributed by atoms with van der Waals surface area (Å²) in [7, 11) is 0. The first-order chi connectivity index (χ1) is 14.4. The maximum atomic E-state index is 12.9. The van der Waals surface area contributed by atoms with E-state index >= 15 is 0 Å². The van der Waals surface area contributed by atoms with Gasteiger partial charge in [0.25, 0.3) is 5.91 Å². The fourth-order valence-corrected chi connectivity index (χ4v) is 2.75. The summed E-state index contributed by atoms with van der Waals surface area (Å²) in [6.45, 7) is -0.0737. The Morgan fingerprint density at radius 1 is 0.968 bits per heavy atom. The third kappa shape index (κ3) is 5.75. The molecule has 164 valence electrons. The zero-order valence-corrected chi connectivity index (χ0v) is 16.2. The van der Waals surface area contributed by atoms with E-state index in [2.05, 4.69) is 15.6 Å². The van der Waals surface area contributed by atoms with E-state index in [-0.39, 0.29) is 19.0 Å². The van der Waals surface area contributed by atoms with Crippen molar-refractivity contribution in [2.24, 2.45) is 0 Å². The van der Waals surface area contributed by atoms with Crippen molar-refractivity contribution in [3.8, 4) is 5.69 Å². The predicted molar refractivity (Wildman–Crippen MR) is 98.9 cm³/mol. The molecule has 1 amide bonds. The van der Waals surface area contributed by atoms with Crippen molar-refractivity contribution in [1.82, 2.24) is 20.3 Å². The van der Waals surface area contributed by atoms with E-state index in [1.54, 1.807) is 30.5 Å². The van der Waals surface area contributed by atoms with Gasteiger partial charge in [-0.25, -0.2) is 4.68 Å². The minimum atomic E-state index is -5.03. The number of alkyl halides is 6. The Kier molecular flexibility index (Phi) is 6.25. The van der Waals surface area contributed by atoms with Gasteiger partial charge in [-0.2, -0.15) is 26.3 Å².